The monoisotopic (exact) mass is 394 g/mol. The first-order valence-corrected chi connectivity index (χ1v) is 11.1. The molecule has 0 aromatic heterocycles. The molecule has 0 aliphatic carbocycles. The number of benzene rings is 1. The average molecular weight is 395 g/mol. The highest BCUT2D eigenvalue weighted by molar-refractivity contribution is 7.99. The maximum atomic E-state index is 12.7. The number of thioether (sulfide) groups is 1. The van der Waals surface area contributed by atoms with E-state index in [1.807, 2.05) is 23.9 Å². The van der Waals surface area contributed by atoms with Gasteiger partial charge in [-0.05, 0) is 30.7 Å². The number of halogens is 1. The summed E-state index contributed by atoms with van der Waals surface area (Å²) >= 11 is 7.94. The molecule has 26 heavy (non-hydrogen) atoms. The van der Waals surface area contributed by atoms with Gasteiger partial charge < -0.3 is 15.1 Å². The summed E-state index contributed by atoms with van der Waals surface area (Å²) in [5.74, 6) is 2.47. The van der Waals surface area contributed by atoms with Gasteiger partial charge in [-0.1, -0.05) is 11.6 Å². The molecule has 3 aliphatic heterocycles. The first kappa shape index (κ1) is 18.4. The lowest BCUT2D eigenvalue weighted by atomic mass is 10.1. The lowest BCUT2D eigenvalue weighted by Gasteiger charge is -2.39. The summed E-state index contributed by atoms with van der Waals surface area (Å²) < 4.78 is 0. The summed E-state index contributed by atoms with van der Waals surface area (Å²) in [6.45, 7) is 6.91. The topological polar surface area (TPSA) is 38.8 Å². The molecule has 4 rings (SSSR count). The second kappa shape index (κ2) is 8.38. The summed E-state index contributed by atoms with van der Waals surface area (Å²) in [5, 5.41) is 4.27. The van der Waals surface area contributed by atoms with Crippen molar-refractivity contribution in [2.45, 2.75) is 18.5 Å². The fraction of sp³-hybridized carbons (Fsp3) is 0.632. The van der Waals surface area contributed by atoms with E-state index in [0.717, 1.165) is 68.8 Å². The van der Waals surface area contributed by atoms with Gasteiger partial charge in [-0.2, -0.15) is 11.8 Å². The van der Waals surface area contributed by atoms with Crippen LogP contribution in [0.2, 0.25) is 5.02 Å². The Balaban J connectivity index is 1.27. The van der Waals surface area contributed by atoms with Crippen molar-refractivity contribution in [2.75, 3.05) is 62.2 Å². The van der Waals surface area contributed by atoms with Crippen LogP contribution in [0.25, 0.3) is 0 Å². The lowest BCUT2D eigenvalue weighted by molar-refractivity contribution is -0.132. The fourth-order valence-corrected chi connectivity index (χ4v) is 5.21. The maximum absolute atomic E-state index is 12.7. The largest absolute Gasteiger partial charge is 0.369 e. The third-order valence-corrected chi connectivity index (χ3v) is 6.95. The molecule has 142 valence electrons. The molecular weight excluding hydrogens is 368 g/mol. The Morgan fingerprint density at radius 1 is 1.04 bits per heavy atom. The molecule has 3 saturated heterocycles. The van der Waals surface area contributed by atoms with Crippen LogP contribution in [0.3, 0.4) is 0 Å². The summed E-state index contributed by atoms with van der Waals surface area (Å²) in [6.07, 6.45) is 0.948. The van der Waals surface area contributed by atoms with Crippen LogP contribution in [0.5, 0.6) is 0 Å². The molecule has 3 heterocycles. The Labute approximate surface area is 165 Å². The number of carbonyl (C=O) groups is 1. The highest BCUT2D eigenvalue weighted by atomic mass is 35.5. The van der Waals surface area contributed by atoms with Crippen molar-refractivity contribution in [1.82, 2.24) is 15.1 Å². The summed E-state index contributed by atoms with van der Waals surface area (Å²) in [7, 11) is 0. The zero-order valence-corrected chi connectivity index (χ0v) is 16.6. The van der Waals surface area contributed by atoms with Crippen LogP contribution >= 0.6 is 23.4 Å². The molecular formula is C19H27ClN4OS. The maximum Gasteiger partial charge on any atom is 0.239 e. The van der Waals surface area contributed by atoms with Crippen molar-refractivity contribution < 1.29 is 4.79 Å². The minimum Gasteiger partial charge on any atom is -0.369 e. The number of piperazine rings is 1. The second-order valence-corrected chi connectivity index (χ2v) is 8.95. The van der Waals surface area contributed by atoms with E-state index in [0.29, 0.717) is 11.9 Å². The molecule has 0 unspecified atom stereocenters. The molecule has 0 radical (unpaired) electrons. The molecule has 2 atom stereocenters. The van der Waals surface area contributed by atoms with Crippen molar-refractivity contribution in [3.8, 4) is 0 Å². The first-order chi connectivity index (χ1) is 12.7. The molecule has 1 aromatic rings. The smallest absolute Gasteiger partial charge is 0.239 e. The molecule has 7 heteroatoms. The quantitative estimate of drug-likeness (QED) is 0.845. The summed E-state index contributed by atoms with van der Waals surface area (Å²) in [5.41, 5.74) is 1.25. The van der Waals surface area contributed by atoms with E-state index in [1.54, 1.807) is 0 Å². The number of nitrogens with zero attached hydrogens (tertiary/aromatic N) is 3. The van der Waals surface area contributed by atoms with Crippen LogP contribution in [-0.4, -0.2) is 85.1 Å². The van der Waals surface area contributed by atoms with Gasteiger partial charge >= 0.3 is 0 Å². The van der Waals surface area contributed by atoms with Crippen molar-refractivity contribution in [1.29, 1.82) is 0 Å². The van der Waals surface area contributed by atoms with Gasteiger partial charge in [0.15, 0.2) is 0 Å². The van der Waals surface area contributed by atoms with Crippen LogP contribution in [-0.2, 0) is 4.79 Å². The molecule has 3 fully saturated rings. The zero-order valence-electron chi connectivity index (χ0n) is 15.1. The third kappa shape index (κ3) is 4.14. The molecule has 3 aliphatic rings. The Morgan fingerprint density at radius 3 is 2.42 bits per heavy atom. The Kier molecular flexibility index (Phi) is 5.93. The molecule has 1 aromatic carbocycles. The molecule has 5 nitrogen and oxygen atoms in total. The van der Waals surface area contributed by atoms with Crippen molar-refractivity contribution in [3.63, 3.8) is 0 Å². The number of carbonyl (C=O) groups excluding carboxylic acids is 1. The lowest BCUT2D eigenvalue weighted by Crippen LogP contribution is -2.51. The Hall–Kier alpha value is -0.950. The predicted octanol–water partition coefficient (Wildman–Crippen LogP) is 1.77. The van der Waals surface area contributed by atoms with Gasteiger partial charge in [-0.15, -0.1) is 0 Å². The SMILES string of the molecule is O=C([C@@H]1C[C@H](N2CCN(c3ccc(Cl)cc3)CC2)CN1)N1CCSCC1. The number of nitrogens with one attached hydrogen (secondary N) is 1. The van der Waals surface area contributed by atoms with Crippen molar-refractivity contribution in [3.05, 3.63) is 29.3 Å². The number of rotatable bonds is 3. The van der Waals surface area contributed by atoms with E-state index in [1.165, 1.54) is 5.69 Å². The number of hydrogen-bond donors (Lipinski definition) is 1. The highest BCUT2D eigenvalue weighted by Gasteiger charge is 2.36. The summed E-state index contributed by atoms with van der Waals surface area (Å²) in [6, 6.07) is 8.60. The van der Waals surface area contributed by atoms with Crippen molar-refractivity contribution in [2.24, 2.45) is 0 Å². The first-order valence-electron chi connectivity index (χ1n) is 9.55. The summed E-state index contributed by atoms with van der Waals surface area (Å²) in [4.78, 5) is 19.7. The third-order valence-electron chi connectivity index (χ3n) is 5.75. The van der Waals surface area contributed by atoms with E-state index in [4.69, 9.17) is 11.6 Å². The van der Waals surface area contributed by atoms with Crippen LogP contribution in [0.4, 0.5) is 5.69 Å². The normalized spacial score (nSPS) is 27.7. The van der Waals surface area contributed by atoms with Gasteiger partial charge in [0, 0.05) is 74.1 Å². The Bertz CT molecular complexity index is 614. The van der Waals surface area contributed by atoms with Crippen LogP contribution in [0, 0.1) is 0 Å². The van der Waals surface area contributed by atoms with Crippen molar-refractivity contribution >= 4 is 35.0 Å². The van der Waals surface area contributed by atoms with Gasteiger partial charge in [0.2, 0.25) is 5.91 Å². The number of hydrogen-bond acceptors (Lipinski definition) is 5. The van der Waals surface area contributed by atoms with Gasteiger partial charge in [0.1, 0.15) is 0 Å². The van der Waals surface area contributed by atoms with E-state index in [-0.39, 0.29) is 6.04 Å². The van der Waals surface area contributed by atoms with Crippen LogP contribution in [0.1, 0.15) is 6.42 Å². The minimum atomic E-state index is 0.0115. The second-order valence-electron chi connectivity index (χ2n) is 7.29. The van der Waals surface area contributed by atoms with E-state index in [2.05, 4.69) is 32.1 Å². The fourth-order valence-electron chi connectivity index (χ4n) is 4.18. The van der Waals surface area contributed by atoms with Crippen LogP contribution < -0.4 is 10.2 Å². The molecule has 0 spiro atoms. The zero-order chi connectivity index (χ0) is 17.9. The molecule has 1 N–H and O–H groups in total. The van der Waals surface area contributed by atoms with Gasteiger partial charge in [-0.25, -0.2) is 0 Å². The predicted molar refractivity (Wildman–Crippen MR) is 109 cm³/mol. The molecule has 0 saturated carbocycles. The number of anilines is 1. The molecule has 0 bridgehead atoms. The van der Waals surface area contributed by atoms with E-state index >= 15 is 0 Å². The minimum absolute atomic E-state index is 0.0115. The van der Waals surface area contributed by atoms with Gasteiger partial charge in [0.05, 0.1) is 6.04 Å². The number of amides is 1. The average Bonchev–Trinajstić information content (AvgIpc) is 3.19. The standard InChI is InChI=1S/C19H27ClN4OS/c20-15-1-3-16(4-2-15)22-5-7-23(8-6-22)17-13-18(21-14-17)19(25)24-9-11-26-12-10-24/h1-4,17-18,21H,5-14H2/t17-,18-/m0/s1. The van der Waals surface area contributed by atoms with E-state index in [9.17, 15) is 4.79 Å². The highest BCUT2D eigenvalue weighted by Crippen LogP contribution is 2.23. The van der Waals surface area contributed by atoms with Gasteiger partial charge in [-0.3, -0.25) is 9.69 Å². The van der Waals surface area contributed by atoms with Gasteiger partial charge in [0.25, 0.3) is 0 Å². The Morgan fingerprint density at radius 2 is 1.73 bits per heavy atom. The van der Waals surface area contributed by atoms with Crippen LogP contribution in [0.15, 0.2) is 24.3 Å². The molecule has 1 amide bonds. The van der Waals surface area contributed by atoms with E-state index < -0.39 is 0 Å².